The van der Waals surface area contributed by atoms with E-state index < -0.39 is 42.1 Å². The second kappa shape index (κ2) is 5.70. The van der Waals surface area contributed by atoms with Crippen LogP contribution in [0.25, 0.3) is 0 Å². The van der Waals surface area contributed by atoms with Gasteiger partial charge < -0.3 is 4.90 Å². The molecule has 1 aromatic rings. The summed E-state index contributed by atoms with van der Waals surface area (Å²) < 4.78 is 49.8. The Morgan fingerprint density at radius 3 is 2.43 bits per heavy atom. The Bertz CT molecular complexity index is 705. The normalized spacial score (nSPS) is 15.1. The molecule has 1 amide bonds. The topological polar surface area (TPSA) is 54.5 Å². The Morgan fingerprint density at radius 2 is 2.00 bits per heavy atom. The van der Waals surface area contributed by atoms with E-state index in [-0.39, 0.29) is 6.04 Å². The van der Waals surface area contributed by atoms with Crippen LogP contribution in [0.2, 0.25) is 5.02 Å². The number of amides is 1. The molecule has 0 aromatic heterocycles. The number of halogens is 4. The lowest BCUT2D eigenvalue weighted by molar-refractivity contribution is 0.0751. The lowest BCUT2D eigenvalue weighted by Crippen LogP contribution is -2.33. The van der Waals surface area contributed by atoms with Gasteiger partial charge in [0.05, 0.1) is 10.6 Å². The zero-order valence-electron chi connectivity index (χ0n) is 10.9. The van der Waals surface area contributed by atoms with Gasteiger partial charge in [-0.2, -0.15) is 0 Å². The highest BCUT2D eigenvalue weighted by Gasteiger charge is 2.35. The van der Waals surface area contributed by atoms with Crippen molar-refractivity contribution >= 4 is 37.2 Å². The minimum Gasteiger partial charge on any atom is -0.336 e. The van der Waals surface area contributed by atoms with Crippen molar-refractivity contribution in [3.05, 3.63) is 28.3 Å². The summed E-state index contributed by atoms with van der Waals surface area (Å²) in [5.41, 5.74) is -0.413. The molecule has 0 aliphatic heterocycles. The predicted octanol–water partition coefficient (Wildman–Crippen LogP) is 3.17. The standard InChI is InChI=1S/C12H11Cl2F2NO3S/c1-2-17(6-3-4-6)12(18)7-5-8(15)10(16)11(9(7)13)21(14,19)20/h5-6H,2-4H2,1H3. The highest BCUT2D eigenvalue weighted by molar-refractivity contribution is 8.13. The van der Waals surface area contributed by atoms with Crippen LogP contribution in [-0.4, -0.2) is 31.8 Å². The number of carbonyl (C=O) groups excluding carboxylic acids is 1. The monoisotopic (exact) mass is 357 g/mol. The number of nitrogens with zero attached hydrogens (tertiary/aromatic N) is 1. The maximum Gasteiger partial charge on any atom is 0.265 e. The van der Waals surface area contributed by atoms with Crippen LogP contribution in [0, 0.1) is 11.6 Å². The number of rotatable bonds is 4. The molecule has 0 bridgehead atoms. The van der Waals surface area contributed by atoms with Crippen molar-refractivity contribution in [3.8, 4) is 0 Å². The fourth-order valence-corrected chi connectivity index (χ4v) is 3.77. The van der Waals surface area contributed by atoms with Crippen molar-refractivity contribution in [1.82, 2.24) is 4.90 Å². The summed E-state index contributed by atoms with van der Waals surface area (Å²) in [6.07, 6.45) is 1.61. The molecule has 1 aliphatic carbocycles. The third-order valence-corrected chi connectivity index (χ3v) is 5.02. The Kier molecular flexibility index (Phi) is 4.46. The van der Waals surface area contributed by atoms with Crippen LogP contribution in [0.5, 0.6) is 0 Å². The molecule has 0 spiro atoms. The highest BCUT2D eigenvalue weighted by Crippen LogP contribution is 2.35. The summed E-state index contributed by atoms with van der Waals surface area (Å²) in [4.78, 5) is 12.6. The van der Waals surface area contributed by atoms with Crippen molar-refractivity contribution in [2.45, 2.75) is 30.7 Å². The van der Waals surface area contributed by atoms with Crippen molar-refractivity contribution < 1.29 is 22.0 Å². The first-order valence-corrected chi connectivity index (χ1v) is 8.80. The van der Waals surface area contributed by atoms with Gasteiger partial charge in [0, 0.05) is 23.3 Å². The Hall–Kier alpha value is -0.920. The van der Waals surface area contributed by atoms with Gasteiger partial charge in [0.25, 0.3) is 15.0 Å². The minimum atomic E-state index is -4.63. The minimum absolute atomic E-state index is 0.0164. The molecule has 4 nitrogen and oxygen atoms in total. The van der Waals surface area contributed by atoms with Gasteiger partial charge in [-0.05, 0) is 25.8 Å². The van der Waals surface area contributed by atoms with Gasteiger partial charge in [-0.15, -0.1) is 0 Å². The predicted molar refractivity (Wildman–Crippen MR) is 74.1 cm³/mol. The van der Waals surface area contributed by atoms with Crippen LogP contribution in [0.4, 0.5) is 8.78 Å². The van der Waals surface area contributed by atoms with Gasteiger partial charge in [-0.1, -0.05) is 11.6 Å². The molecule has 116 valence electrons. The third kappa shape index (κ3) is 3.14. The Balaban J connectivity index is 2.60. The summed E-state index contributed by atoms with van der Waals surface area (Å²) in [6.45, 7) is 2.07. The first-order chi connectivity index (χ1) is 9.68. The molecular weight excluding hydrogens is 347 g/mol. The van der Waals surface area contributed by atoms with Gasteiger partial charge in [0.15, 0.2) is 11.6 Å². The maximum atomic E-state index is 13.6. The van der Waals surface area contributed by atoms with E-state index in [0.717, 1.165) is 12.8 Å². The molecule has 1 fully saturated rings. The zero-order valence-corrected chi connectivity index (χ0v) is 13.2. The smallest absolute Gasteiger partial charge is 0.265 e. The van der Waals surface area contributed by atoms with Crippen molar-refractivity contribution in [2.24, 2.45) is 0 Å². The van der Waals surface area contributed by atoms with E-state index in [1.165, 1.54) is 4.90 Å². The average molecular weight is 358 g/mol. The zero-order chi connectivity index (χ0) is 15.9. The molecular formula is C12H11Cl2F2NO3S. The van der Waals surface area contributed by atoms with Gasteiger partial charge >= 0.3 is 0 Å². The SMILES string of the molecule is CCN(C(=O)c1cc(F)c(F)c(S(=O)(=O)Cl)c1Cl)C1CC1. The van der Waals surface area contributed by atoms with E-state index >= 15 is 0 Å². The lowest BCUT2D eigenvalue weighted by Gasteiger charge is -2.21. The molecule has 9 heteroatoms. The molecule has 0 N–H and O–H groups in total. The molecule has 0 atom stereocenters. The summed E-state index contributed by atoms with van der Waals surface area (Å²) >= 11 is 5.77. The summed E-state index contributed by atoms with van der Waals surface area (Å²) in [5, 5.41) is -0.701. The number of carbonyl (C=O) groups is 1. The van der Waals surface area contributed by atoms with Crippen LogP contribution >= 0.6 is 22.3 Å². The first-order valence-electron chi connectivity index (χ1n) is 6.11. The van der Waals surface area contributed by atoms with Crippen molar-refractivity contribution in [1.29, 1.82) is 0 Å². The van der Waals surface area contributed by atoms with Crippen molar-refractivity contribution in [3.63, 3.8) is 0 Å². The number of hydrogen-bond acceptors (Lipinski definition) is 3. The van der Waals surface area contributed by atoms with E-state index in [0.29, 0.717) is 12.6 Å². The molecule has 0 radical (unpaired) electrons. The first kappa shape index (κ1) is 16.5. The maximum absolute atomic E-state index is 13.6. The Labute approximate surface area is 130 Å². The summed E-state index contributed by atoms with van der Waals surface area (Å²) in [6, 6.07) is 0.610. The van der Waals surface area contributed by atoms with E-state index in [9.17, 15) is 22.0 Å². The van der Waals surface area contributed by atoms with Crippen LogP contribution in [0.15, 0.2) is 11.0 Å². The third-order valence-electron chi connectivity index (χ3n) is 3.18. The number of benzene rings is 1. The van der Waals surface area contributed by atoms with E-state index in [1.807, 2.05) is 0 Å². The summed E-state index contributed by atoms with van der Waals surface area (Å²) in [5.74, 6) is -3.83. The quantitative estimate of drug-likeness (QED) is 0.614. The molecule has 21 heavy (non-hydrogen) atoms. The van der Waals surface area contributed by atoms with Crippen LogP contribution in [0.3, 0.4) is 0 Å². The second-order valence-corrected chi connectivity index (χ2v) is 7.50. The Morgan fingerprint density at radius 1 is 1.43 bits per heavy atom. The van der Waals surface area contributed by atoms with Gasteiger partial charge in [-0.3, -0.25) is 4.79 Å². The van der Waals surface area contributed by atoms with E-state index in [1.54, 1.807) is 6.92 Å². The van der Waals surface area contributed by atoms with E-state index in [4.69, 9.17) is 22.3 Å². The summed E-state index contributed by atoms with van der Waals surface area (Å²) in [7, 11) is 0.437. The van der Waals surface area contributed by atoms with Crippen LogP contribution in [0.1, 0.15) is 30.1 Å². The fourth-order valence-electron chi connectivity index (χ4n) is 2.06. The molecule has 1 aliphatic rings. The molecule has 0 saturated heterocycles. The van der Waals surface area contributed by atoms with Crippen LogP contribution < -0.4 is 0 Å². The highest BCUT2D eigenvalue weighted by atomic mass is 35.7. The lowest BCUT2D eigenvalue weighted by atomic mass is 10.1. The van der Waals surface area contributed by atoms with Gasteiger partial charge in [0.1, 0.15) is 4.90 Å². The van der Waals surface area contributed by atoms with Gasteiger partial charge in [0.2, 0.25) is 0 Å². The largest absolute Gasteiger partial charge is 0.336 e. The molecule has 1 aromatic carbocycles. The van der Waals surface area contributed by atoms with E-state index in [2.05, 4.69) is 0 Å². The van der Waals surface area contributed by atoms with Gasteiger partial charge in [-0.25, -0.2) is 17.2 Å². The second-order valence-electron chi connectivity index (χ2n) is 4.62. The number of hydrogen-bond donors (Lipinski definition) is 0. The van der Waals surface area contributed by atoms with Crippen LogP contribution in [-0.2, 0) is 9.05 Å². The molecule has 0 unspecified atom stereocenters. The average Bonchev–Trinajstić information content (AvgIpc) is 3.17. The fraction of sp³-hybridized carbons (Fsp3) is 0.417. The molecule has 1 saturated carbocycles. The van der Waals surface area contributed by atoms with Crippen molar-refractivity contribution in [2.75, 3.05) is 6.54 Å². The molecule has 2 rings (SSSR count). The molecule has 0 heterocycles.